The van der Waals surface area contributed by atoms with Crippen LogP contribution in [0.1, 0.15) is 24.4 Å². The SMILES string of the molecule is N[C@H](CCC(F)(F)F)c1ccccc1OC(F)F. The Balaban J connectivity index is 2.75. The monoisotopic (exact) mass is 269 g/mol. The molecule has 0 saturated heterocycles. The van der Waals surface area contributed by atoms with E-state index in [9.17, 15) is 22.0 Å². The summed E-state index contributed by atoms with van der Waals surface area (Å²) in [5.74, 6) is -0.192. The van der Waals surface area contributed by atoms with Gasteiger partial charge in [0.05, 0.1) is 0 Å². The van der Waals surface area contributed by atoms with Crippen LogP contribution in [0.2, 0.25) is 0 Å². The van der Waals surface area contributed by atoms with Gasteiger partial charge in [-0.15, -0.1) is 0 Å². The molecule has 0 bridgehead atoms. The highest BCUT2D eigenvalue weighted by atomic mass is 19.4. The third kappa shape index (κ3) is 4.87. The summed E-state index contributed by atoms with van der Waals surface area (Å²) in [5.41, 5.74) is 5.69. The van der Waals surface area contributed by atoms with Gasteiger partial charge in [0, 0.05) is 18.0 Å². The molecule has 7 heteroatoms. The van der Waals surface area contributed by atoms with E-state index in [2.05, 4.69) is 4.74 Å². The van der Waals surface area contributed by atoms with Gasteiger partial charge in [-0.25, -0.2) is 0 Å². The summed E-state index contributed by atoms with van der Waals surface area (Å²) in [4.78, 5) is 0. The van der Waals surface area contributed by atoms with E-state index in [1.165, 1.54) is 24.3 Å². The molecule has 0 aliphatic carbocycles. The zero-order valence-electron chi connectivity index (χ0n) is 9.25. The van der Waals surface area contributed by atoms with Crippen LogP contribution < -0.4 is 10.5 Å². The number of para-hydroxylation sites is 1. The number of ether oxygens (including phenoxy) is 1. The van der Waals surface area contributed by atoms with Crippen LogP contribution in [0.15, 0.2) is 24.3 Å². The van der Waals surface area contributed by atoms with E-state index in [4.69, 9.17) is 5.73 Å². The van der Waals surface area contributed by atoms with Crippen molar-refractivity contribution in [2.24, 2.45) is 5.73 Å². The van der Waals surface area contributed by atoms with Crippen molar-refractivity contribution in [2.45, 2.75) is 31.7 Å². The number of hydrogen-bond donors (Lipinski definition) is 1. The summed E-state index contributed by atoms with van der Waals surface area (Å²) in [6.07, 6.45) is -5.78. The van der Waals surface area contributed by atoms with Gasteiger partial charge in [-0.1, -0.05) is 18.2 Å². The second-order valence-corrected chi connectivity index (χ2v) is 3.68. The molecule has 18 heavy (non-hydrogen) atoms. The van der Waals surface area contributed by atoms with Crippen molar-refractivity contribution in [1.82, 2.24) is 0 Å². The van der Waals surface area contributed by atoms with Crippen LogP contribution in [0.3, 0.4) is 0 Å². The van der Waals surface area contributed by atoms with Crippen molar-refractivity contribution in [3.8, 4) is 5.75 Å². The van der Waals surface area contributed by atoms with Crippen LogP contribution in [0.4, 0.5) is 22.0 Å². The minimum absolute atomic E-state index is 0.141. The molecule has 102 valence electrons. The van der Waals surface area contributed by atoms with Crippen LogP contribution >= 0.6 is 0 Å². The summed E-state index contributed by atoms with van der Waals surface area (Å²) in [6, 6.07) is 4.56. The van der Waals surface area contributed by atoms with Crippen LogP contribution in [0.5, 0.6) is 5.75 Å². The second kappa shape index (κ2) is 5.99. The number of hydrogen-bond acceptors (Lipinski definition) is 2. The number of benzene rings is 1. The molecular formula is C11H12F5NO. The van der Waals surface area contributed by atoms with Crippen molar-refractivity contribution in [1.29, 1.82) is 0 Å². The van der Waals surface area contributed by atoms with E-state index in [-0.39, 0.29) is 17.7 Å². The van der Waals surface area contributed by atoms with Crippen LogP contribution in [-0.4, -0.2) is 12.8 Å². The van der Waals surface area contributed by atoms with E-state index >= 15 is 0 Å². The average Bonchev–Trinajstić information content (AvgIpc) is 2.25. The predicted molar refractivity (Wildman–Crippen MR) is 55.3 cm³/mol. The normalized spacial score (nSPS) is 13.7. The third-order valence-electron chi connectivity index (χ3n) is 2.27. The first-order chi connectivity index (χ1) is 8.29. The third-order valence-corrected chi connectivity index (χ3v) is 2.27. The molecule has 1 aromatic rings. The average molecular weight is 269 g/mol. The first kappa shape index (κ1) is 14.7. The molecule has 0 heterocycles. The van der Waals surface area contributed by atoms with Gasteiger partial charge in [0.2, 0.25) is 0 Å². The number of rotatable bonds is 5. The molecule has 2 N–H and O–H groups in total. The lowest BCUT2D eigenvalue weighted by Crippen LogP contribution is -2.17. The highest BCUT2D eigenvalue weighted by Gasteiger charge is 2.28. The Bertz CT molecular complexity index is 380. The maximum absolute atomic E-state index is 12.1. The van der Waals surface area contributed by atoms with Gasteiger partial charge in [-0.2, -0.15) is 22.0 Å². The molecule has 0 aliphatic rings. The Labute approximate surface area is 101 Å². The van der Waals surface area contributed by atoms with Crippen molar-refractivity contribution >= 4 is 0 Å². The van der Waals surface area contributed by atoms with E-state index < -0.39 is 25.3 Å². The molecule has 0 aliphatic heterocycles. The predicted octanol–water partition coefficient (Wildman–Crippen LogP) is 3.63. The van der Waals surface area contributed by atoms with Crippen molar-refractivity contribution < 1.29 is 26.7 Å². The van der Waals surface area contributed by atoms with Crippen molar-refractivity contribution in [3.05, 3.63) is 29.8 Å². The molecular weight excluding hydrogens is 257 g/mol. The molecule has 0 spiro atoms. The fraction of sp³-hybridized carbons (Fsp3) is 0.455. The number of alkyl halides is 5. The molecule has 0 amide bonds. The van der Waals surface area contributed by atoms with Gasteiger partial charge in [-0.05, 0) is 12.5 Å². The summed E-state index contributed by atoms with van der Waals surface area (Å²) >= 11 is 0. The first-order valence-electron chi connectivity index (χ1n) is 5.15. The molecule has 0 saturated carbocycles. The van der Waals surface area contributed by atoms with Gasteiger partial charge in [0.25, 0.3) is 0 Å². The smallest absolute Gasteiger partial charge is 0.389 e. The Morgan fingerprint density at radius 3 is 2.33 bits per heavy atom. The maximum atomic E-state index is 12.1. The summed E-state index contributed by atoms with van der Waals surface area (Å²) in [6.45, 7) is -3.04. The van der Waals surface area contributed by atoms with Crippen LogP contribution in [-0.2, 0) is 0 Å². The Morgan fingerprint density at radius 1 is 1.17 bits per heavy atom. The minimum Gasteiger partial charge on any atom is -0.434 e. The fourth-order valence-electron chi connectivity index (χ4n) is 1.46. The fourth-order valence-corrected chi connectivity index (χ4v) is 1.46. The summed E-state index contributed by atoms with van der Waals surface area (Å²) < 4.78 is 64.5. The zero-order valence-corrected chi connectivity index (χ0v) is 9.25. The second-order valence-electron chi connectivity index (χ2n) is 3.68. The number of nitrogens with two attached hydrogens (primary N) is 1. The van der Waals surface area contributed by atoms with Crippen LogP contribution in [0, 0.1) is 0 Å². The first-order valence-corrected chi connectivity index (χ1v) is 5.15. The van der Waals surface area contributed by atoms with E-state index in [1.54, 1.807) is 0 Å². The topological polar surface area (TPSA) is 35.2 Å². The minimum atomic E-state index is -4.32. The standard InChI is InChI=1S/C11H12F5NO/c12-10(13)18-9-4-2-1-3-7(9)8(17)5-6-11(14,15)16/h1-4,8,10H,5-6,17H2/t8-/m1/s1. The van der Waals surface area contributed by atoms with Gasteiger partial charge in [-0.3, -0.25) is 0 Å². The molecule has 1 rings (SSSR count). The van der Waals surface area contributed by atoms with Gasteiger partial charge >= 0.3 is 12.8 Å². The van der Waals surface area contributed by atoms with Gasteiger partial charge in [0.1, 0.15) is 5.75 Å². The Morgan fingerprint density at radius 2 is 1.78 bits per heavy atom. The zero-order chi connectivity index (χ0) is 13.8. The van der Waals surface area contributed by atoms with Crippen LogP contribution in [0.25, 0.3) is 0 Å². The van der Waals surface area contributed by atoms with E-state index in [1.807, 2.05) is 0 Å². The largest absolute Gasteiger partial charge is 0.434 e. The molecule has 0 radical (unpaired) electrons. The Hall–Kier alpha value is -1.37. The van der Waals surface area contributed by atoms with Gasteiger partial charge < -0.3 is 10.5 Å². The Kier molecular flexibility index (Phi) is 4.89. The lowest BCUT2D eigenvalue weighted by atomic mass is 10.0. The molecule has 1 atom stereocenters. The molecule has 0 aromatic heterocycles. The number of halogens is 5. The lowest BCUT2D eigenvalue weighted by Gasteiger charge is -2.17. The van der Waals surface area contributed by atoms with Gasteiger partial charge in [0.15, 0.2) is 0 Å². The van der Waals surface area contributed by atoms with Crippen molar-refractivity contribution in [2.75, 3.05) is 0 Å². The van der Waals surface area contributed by atoms with E-state index in [0.717, 1.165) is 0 Å². The molecule has 1 aromatic carbocycles. The molecule has 2 nitrogen and oxygen atoms in total. The summed E-state index contributed by atoms with van der Waals surface area (Å²) in [7, 11) is 0. The maximum Gasteiger partial charge on any atom is 0.389 e. The quantitative estimate of drug-likeness (QED) is 0.828. The molecule has 0 fully saturated rings. The highest BCUT2D eigenvalue weighted by molar-refractivity contribution is 5.35. The summed E-state index contributed by atoms with van der Waals surface area (Å²) in [5, 5.41) is 0. The molecule has 0 unspecified atom stereocenters. The lowest BCUT2D eigenvalue weighted by molar-refractivity contribution is -0.136. The highest BCUT2D eigenvalue weighted by Crippen LogP contribution is 2.31. The van der Waals surface area contributed by atoms with E-state index in [0.29, 0.717) is 0 Å². The van der Waals surface area contributed by atoms with Crippen molar-refractivity contribution in [3.63, 3.8) is 0 Å².